The zero-order chi connectivity index (χ0) is 18.6. The summed E-state index contributed by atoms with van der Waals surface area (Å²) in [7, 11) is 1.72. The number of halogens is 1. The van der Waals surface area contributed by atoms with Gasteiger partial charge < -0.3 is 16.0 Å². The average molecular weight is 381 g/mol. The standard InChI is InChI=1S/C19H29FN4OS/c1-21-19(23-13-11-18(25)24-16-5-2-3-6-16)22-12-4-14-26-17-9-7-15(20)8-10-17/h7-10,16H,2-6,11-14H2,1H3,(H,24,25)(H2,21,22,23). The van der Waals surface area contributed by atoms with E-state index < -0.39 is 0 Å². The van der Waals surface area contributed by atoms with Crippen LogP contribution in [0.2, 0.25) is 0 Å². The van der Waals surface area contributed by atoms with Crippen LogP contribution in [-0.4, -0.2) is 43.8 Å². The second-order valence-corrected chi connectivity index (χ2v) is 7.55. The molecule has 3 N–H and O–H groups in total. The SMILES string of the molecule is CN=C(NCCCSc1ccc(F)cc1)NCCC(=O)NC1CCCC1. The zero-order valence-corrected chi connectivity index (χ0v) is 16.2. The van der Waals surface area contributed by atoms with Crippen molar-refractivity contribution in [3.63, 3.8) is 0 Å². The van der Waals surface area contributed by atoms with Crippen LogP contribution in [0.5, 0.6) is 0 Å². The van der Waals surface area contributed by atoms with Crippen molar-refractivity contribution < 1.29 is 9.18 Å². The molecule has 2 rings (SSSR count). The minimum atomic E-state index is -0.206. The molecule has 1 amide bonds. The number of benzene rings is 1. The Labute approximate surface area is 159 Å². The van der Waals surface area contributed by atoms with E-state index in [1.54, 1.807) is 30.9 Å². The lowest BCUT2D eigenvalue weighted by molar-refractivity contribution is -0.121. The molecule has 1 aromatic rings. The predicted octanol–water partition coefficient (Wildman–Crippen LogP) is 2.92. The van der Waals surface area contributed by atoms with Crippen LogP contribution in [0.4, 0.5) is 4.39 Å². The van der Waals surface area contributed by atoms with Crippen LogP contribution in [0.1, 0.15) is 38.5 Å². The number of thioether (sulfide) groups is 1. The van der Waals surface area contributed by atoms with Gasteiger partial charge in [-0.1, -0.05) is 12.8 Å². The highest BCUT2D eigenvalue weighted by Gasteiger charge is 2.16. The van der Waals surface area contributed by atoms with Gasteiger partial charge in [-0.05, 0) is 49.3 Å². The molecule has 1 aliphatic rings. The van der Waals surface area contributed by atoms with Crippen molar-refractivity contribution in [3.8, 4) is 0 Å². The zero-order valence-electron chi connectivity index (χ0n) is 15.4. The average Bonchev–Trinajstić information content (AvgIpc) is 3.14. The van der Waals surface area contributed by atoms with E-state index in [0.717, 1.165) is 36.5 Å². The molecule has 0 aliphatic heterocycles. The van der Waals surface area contributed by atoms with E-state index in [4.69, 9.17) is 0 Å². The summed E-state index contributed by atoms with van der Waals surface area (Å²) >= 11 is 1.71. The number of hydrogen-bond donors (Lipinski definition) is 3. The highest BCUT2D eigenvalue weighted by Crippen LogP contribution is 2.18. The van der Waals surface area contributed by atoms with Crippen LogP contribution in [0, 0.1) is 5.82 Å². The van der Waals surface area contributed by atoms with E-state index >= 15 is 0 Å². The van der Waals surface area contributed by atoms with Crippen LogP contribution >= 0.6 is 11.8 Å². The topological polar surface area (TPSA) is 65.5 Å². The molecule has 1 aliphatic carbocycles. The Morgan fingerprint density at radius 3 is 2.58 bits per heavy atom. The van der Waals surface area contributed by atoms with Gasteiger partial charge in [0.2, 0.25) is 5.91 Å². The third-order valence-electron chi connectivity index (χ3n) is 4.28. The molecule has 1 fully saturated rings. The van der Waals surface area contributed by atoms with Crippen molar-refractivity contribution in [2.24, 2.45) is 4.99 Å². The summed E-state index contributed by atoms with van der Waals surface area (Å²) < 4.78 is 12.8. The van der Waals surface area contributed by atoms with Gasteiger partial charge in [-0.25, -0.2) is 4.39 Å². The summed E-state index contributed by atoms with van der Waals surface area (Å²) in [4.78, 5) is 17.1. The molecule has 7 heteroatoms. The first-order valence-corrected chi connectivity index (χ1v) is 10.3. The number of carbonyl (C=O) groups is 1. The van der Waals surface area contributed by atoms with Gasteiger partial charge in [0.15, 0.2) is 5.96 Å². The molecule has 0 spiro atoms. The summed E-state index contributed by atoms with van der Waals surface area (Å²) in [5.74, 6) is 1.56. The normalized spacial score (nSPS) is 15.1. The number of amides is 1. The second kappa shape index (κ2) is 11.8. The largest absolute Gasteiger partial charge is 0.356 e. The van der Waals surface area contributed by atoms with Gasteiger partial charge in [0.1, 0.15) is 5.82 Å². The lowest BCUT2D eigenvalue weighted by Crippen LogP contribution is -2.40. The van der Waals surface area contributed by atoms with E-state index in [-0.39, 0.29) is 11.7 Å². The number of guanidine groups is 1. The van der Waals surface area contributed by atoms with Crippen LogP contribution < -0.4 is 16.0 Å². The maximum atomic E-state index is 12.8. The molecule has 0 bridgehead atoms. The van der Waals surface area contributed by atoms with Crippen molar-refractivity contribution >= 4 is 23.6 Å². The quantitative estimate of drug-likeness (QED) is 0.267. The maximum absolute atomic E-state index is 12.8. The van der Waals surface area contributed by atoms with Gasteiger partial charge in [0.25, 0.3) is 0 Å². The molecule has 1 saturated carbocycles. The summed E-state index contributed by atoms with van der Waals surface area (Å²) in [6.07, 6.45) is 6.08. The van der Waals surface area contributed by atoms with Gasteiger partial charge >= 0.3 is 0 Å². The van der Waals surface area contributed by atoms with E-state index in [2.05, 4.69) is 20.9 Å². The fraction of sp³-hybridized carbons (Fsp3) is 0.579. The maximum Gasteiger partial charge on any atom is 0.221 e. The number of aliphatic imine (C=N–C) groups is 1. The Hall–Kier alpha value is -1.76. The summed E-state index contributed by atoms with van der Waals surface area (Å²) in [6, 6.07) is 6.93. The molecule has 0 radical (unpaired) electrons. The highest BCUT2D eigenvalue weighted by molar-refractivity contribution is 7.99. The van der Waals surface area contributed by atoms with Crippen LogP contribution in [0.25, 0.3) is 0 Å². The number of carbonyl (C=O) groups excluding carboxylic acids is 1. The molecule has 0 saturated heterocycles. The van der Waals surface area contributed by atoms with Crippen LogP contribution in [0.15, 0.2) is 34.2 Å². The molecule has 5 nitrogen and oxygen atoms in total. The molecular formula is C19H29FN4OS. The Bertz CT molecular complexity index is 573. The minimum Gasteiger partial charge on any atom is -0.356 e. The van der Waals surface area contributed by atoms with E-state index in [0.29, 0.717) is 25.0 Å². The van der Waals surface area contributed by atoms with Crippen molar-refractivity contribution in [2.45, 2.75) is 49.5 Å². The lowest BCUT2D eigenvalue weighted by atomic mass is 10.2. The molecule has 0 atom stereocenters. The first kappa shape index (κ1) is 20.6. The molecule has 0 aromatic heterocycles. The van der Waals surface area contributed by atoms with E-state index in [9.17, 15) is 9.18 Å². The molecule has 144 valence electrons. The minimum absolute atomic E-state index is 0.107. The lowest BCUT2D eigenvalue weighted by Gasteiger charge is -2.14. The molecule has 0 heterocycles. The fourth-order valence-corrected chi connectivity index (χ4v) is 3.74. The third kappa shape index (κ3) is 8.08. The Balaban J connectivity index is 1.51. The smallest absolute Gasteiger partial charge is 0.221 e. The van der Waals surface area contributed by atoms with Gasteiger partial charge in [0, 0.05) is 37.5 Å². The predicted molar refractivity (Wildman–Crippen MR) is 106 cm³/mol. The van der Waals surface area contributed by atoms with Gasteiger partial charge in [-0.15, -0.1) is 11.8 Å². The monoisotopic (exact) mass is 380 g/mol. The van der Waals surface area contributed by atoms with Crippen molar-refractivity contribution in [3.05, 3.63) is 30.1 Å². The fourth-order valence-electron chi connectivity index (χ4n) is 2.88. The Morgan fingerprint density at radius 1 is 1.19 bits per heavy atom. The third-order valence-corrected chi connectivity index (χ3v) is 5.38. The molecule has 26 heavy (non-hydrogen) atoms. The summed E-state index contributed by atoms with van der Waals surface area (Å²) in [5.41, 5.74) is 0. The number of rotatable bonds is 9. The second-order valence-electron chi connectivity index (χ2n) is 6.38. The van der Waals surface area contributed by atoms with E-state index in [1.807, 2.05) is 0 Å². The first-order chi connectivity index (χ1) is 12.7. The number of hydrogen-bond acceptors (Lipinski definition) is 3. The van der Waals surface area contributed by atoms with Gasteiger partial charge in [-0.3, -0.25) is 9.79 Å². The summed E-state index contributed by atoms with van der Waals surface area (Å²) in [5, 5.41) is 9.50. The van der Waals surface area contributed by atoms with Crippen LogP contribution in [0.3, 0.4) is 0 Å². The Kier molecular flexibility index (Phi) is 9.31. The van der Waals surface area contributed by atoms with Crippen LogP contribution in [-0.2, 0) is 4.79 Å². The first-order valence-electron chi connectivity index (χ1n) is 9.29. The van der Waals surface area contributed by atoms with Gasteiger partial charge in [0.05, 0.1) is 0 Å². The number of nitrogens with zero attached hydrogens (tertiary/aromatic N) is 1. The van der Waals surface area contributed by atoms with Gasteiger partial charge in [-0.2, -0.15) is 0 Å². The van der Waals surface area contributed by atoms with E-state index in [1.165, 1.54) is 25.0 Å². The number of nitrogens with one attached hydrogen (secondary N) is 3. The Morgan fingerprint density at radius 2 is 1.88 bits per heavy atom. The summed E-state index contributed by atoms with van der Waals surface area (Å²) in [6.45, 7) is 1.37. The van der Waals surface area contributed by atoms with Crippen molar-refractivity contribution in [1.82, 2.24) is 16.0 Å². The molecule has 0 unspecified atom stereocenters. The van der Waals surface area contributed by atoms with Crippen molar-refractivity contribution in [1.29, 1.82) is 0 Å². The molecular weight excluding hydrogens is 351 g/mol. The highest BCUT2D eigenvalue weighted by atomic mass is 32.2. The van der Waals surface area contributed by atoms with Crippen molar-refractivity contribution in [2.75, 3.05) is 25.9 Å². The molecule has 1 aromatic carbocycles.